The molecule has 0 bridgehead atoms. The van der Waals surface area contributed by atoms with Gasteiger partial charge in [-0.2, -0.15) is 5.10 Å². The second-order valence-corrected chi connectivity index (χ2v) is 9.67. The monoisotopic (exact) mass is 531 g/mol. The van der Waals surface area contributed by atoms with Crippen LogP contribution in [0, 0.1) is 0 Å². The number of halogens is 2. The summed E-state index contributed by atoms with van der Waals surface area (Å²) < 4.78 is 6.79. The van der Waals surface area contributed by atoms with E-state index >= 15 is 0 Å². The van der Waals surface area contributed by atoms with E-state index in [0.717, 1.165) is 24.9 Å². The summed E-state index contributed by atoms with van der Waals surface area (Å²) in [6.45, 7) is 5.65. The summed E-state index contributed by atoms with van der Waals surface area (Å²) in [5.74, 6) is 0.274. The average Bonchev–Trinajstić information content (AvgIpc) is 3.54. The molecule has 3 aromatic rings. The Kier molecular flexibility index (Phi) is 7.27. The number of hydrogen-bond acceptors (Lipinski definition) is 8. The standard InChI is InChI=1S/C24H27Cl2N7O3/c1-2-36-24(35)21-20-22(33(30-21)14-15-5-6-16(25)12-17(15)26)29-19(13-28-20)31-8-10-32(11-9-31)23(34)18-4-3-7-27-18/h5-6,12-13,18,27H,2-4,7-11,14H2,1H3/t18-/m1/s1. The normalized spacial score (nSPS) is 18.1. The number of fused-ring (bicyclic) bond motifs is 1. The Morgan fingerprint density at radius 3 is 2.69 bits per heavy atom. The van der Waals surface area contributed by atoms with Crippen LogP contribution in [0.2, 0.25) is 10.0 Å². The van der Waals surface area contributed by atoms with Gasteiger partial charge in [0.1, 0.15) is 11.3 Å². The highest BCUT2D eigenvalue weighted by atomic mass is 35.5. The van der Waals surface area contributed by atoms with Crippen LogP contribution in [-0.4, -0.2) is 81.9 Å². The molecule has 2 aliphatic rings. The third-order valence-electron chi connectivity index (χ3n) is 6.51. The topological polar surface area (TPSA) is 105 Å². The number of carbonyl (C=O) groups is 2. The molecule has 5 rings (SSSR count). The van der Waals surface area contributed by atoms with Crippen molar-refractivity contribution in [2.75, 3.05) is 44.2 Å². The molecule has 2 saturated heterocycles. The fourth-order valence-corrected chi connectivity index (χ4v) is 5.08. The molecule has 1 N–H and O–H groups in total. The van der Waals surface area contributed by atoms with Gasteiger partial charge in [-0.25, -0.2) is 19.4 Å². The molecule has 1 atom stereocenters. The minimum Gasteiger partial charge on any atom is -0.461 e. The molecule has 1 amide bonds. The third-order valence-corrected chi connectivity index (χ3v) is 7.10. The molecule has 190 valence electrons. The smallest absolute Gasteiger partial charge is 0.361 e. The molecule has 0 spiro atoms. The maximum atomic E-state index is 12.7. The summed E-state index contributed by atoms with van der Waals surface area (Å²) in [6.07, 6.45) is 3.57. The number of rotatable bonds is 6. The minimum atomic E-state index is -0.557. The number of piperazine rings is 1. The second-order valence-electron chi connectivity index (χ2n) is 8.82. The number of esters is 1. The summed E-state index contributed by atoms with van der Waals surface area (Å²) in [6, 6.07) is 5.16. The predicted molar refractivity (Wildman–Crippen MR) is 137 cm³/mol. The Bertz CT molecular complexity index is 1280. The Morgan fingerprint density at radius 1 is 1.19 bits per heavy atom. The van der Waals surface area contributed by atoms with Crippen molar-refractivity contribution < 1.29 is 14.3 Å². The van der Waals surface area contributed by atoms with E-state index in [4.69, 9.17) is 32.9 Å². The van der Waals surface area contributed by atoms with E-state index in [0.29, 0.717) is 53.2 Å². The van der Waals surface area contributed by atoms with E-state index in [1.807, 2.05) is 11.0 Å². The second kappa shape index (κ2) is 10.6. The van der Waals surface area contributed by atoms with Crippen LogP contribution in [-0.2, 0) is 16.1 Å². The molecule has 0 saturated carbocycles. The van der Waals surface area contributed by atoms with Crippen LogP contribution in [0.5, 0.6) is 0 Å². The van der Waals surface area contributed by atoms with Gasteiger partial charge in [-0.1, -0.05) is 29.3 Å². The summed E-state index contributed by atoms with van der Waals surface area (Å²) in [7, 11) is 0. The van der Waals surface area contributed by atoms with Gasteiger partial charge in [0.2, 0.25) is 5.91 Å². The highest BCUT2D eigenvalue weighted by Gasteiger charge is 2.30. The highest BCUT2D eigenvalue weighted by Crippen LogP contribution is 2.25. The third kappa shape index (κ3) is 4.98. The number of nitrogens with one attached hydrogen (secondary N) is 1. The molecule has 12 heteroatoms. The zero-order chi connectivity index (χ0) is 25.2. The average molecular weight is 532 g/mol. The van der Waals surface area contributed by atoms with Crippen molar-refractivity contribution in [1.29, 1.82) is 0 Å². The fraction of sp³-hybridized carbons (Fsp3) is 0.458. The molecular weight excluding hydrogens is 505 g/mol. The number of aromatic nitrogens is 4. The Labute approximate surface area is 218 Å². The Balaban J connectivity index is 1.41. The zero-order valence-corrected chi connectivity index (χ0v) is 21.4. The van der Waals surface area contributed by atoms with Gasteiger partial charge in [-0.05, 0) is 44.0 Å². The van der Waals surface area contributed by atoms with Crippen LogP contribution < -0.4 is 10.2 Å². The van der Waals surface area contributed by atoms with Crippen LogP contribution >= 0.6 is 23.2 Å². The minimum absolute atomic E-state index is 0.0666. The van der Waals surface area contributed by atoms with Crippen molar-refractivity contribution >= 4 is 52.1 Å². The Hall–Kier alpha value is -2.95. The molecule has 4 heterocycles. The van der Waals surface area contributed by atoms with Gasteiger partial charge in [-0.3, -0.25) is 4.79 Å². The number of benzene rings is 1. The Morgan fingerprint density at radius 2 is 2.00 bits per heavy atom. The maximum Gasteiger partial charge on any atom is 0.361 e. The van der Waals surface area contributed by atoms with Crippen LogP contribution in [0.1, 0.15) is 35.8 Å². The molecular formula is C24H27Cl2N7O3. The lowest BCUT2D eigenvalue weighted by atomic mass is 10.2. The molecule has 10 nitrogen and oxygen atoms in total. The number of anilines is 1. The van der Waals surface area contributed by atoms with E-state index in [-0.39, 0.29) is 30.8 Å². The van der Waals surface area contributed by atoms with E-state index in [1.54, 1.807) is 29.9 Å². The number of carbonyl (C=O) groups excluding carboxylic acids is 2. The van der Waals surface area contributed by atoms with Crippen LogP contribution in [0.15, 0.2) is 24.4 Å². The van der Waals surface area contributed by atoms with Crippen LogP contribution in [0.25, 0.3) is 11.2 Å². The van der Waals surface area contributed by atoms with Gasteiger partial charge < -0.3 is 19.9 Å². The number of hydrogen-bond donors (Lipinski definition) is 1. The lowest BCUT2D eigenvalue weighted by Crippen LogP contribution is -2.53. The number of nitrogens with zero attached hydrogens (tertiary/aromatic N) is 6. The largest absolute Gasteiger partial charge is 0.461 e. The lowest BCUT2D eigenvalue weighted by Gasteiger charge is -2.36. The van der Waals surface area contributed by atoms with E-state index in [1.165, 1.54) is 0 Å². The summed E-state index contributed by atoms with van der Waals surface area (Å²) in [5, 5.41) is 8.78. The highest BCUT2D eigenvalue weighted by molar-refractivity contribution is 6.35. The number of amides is 1. The lowest BCUT2D eigenvalue weighted by molar-refractivity contribution is -0.133. The molecule has 1 aromatic carbocycles. The number of ether oxygens (including phenoxy) is 1. The molecule has 2 aromatic heterocycles. The molecule has 0 unspecified atom stereocenters. The van der Waals surface area contributed by atoms with E-state index < -0.39 is 5.97 Å². The predicted octanol–water partition coefficient (Wildman–Crippen LogP) is 2.76. The van der Waals surface area contributed by atoms with Crippen molar-refractivity contribution in [2.45, 2.75) is 32.4 Å². The van der Waals surface area contributed by atoms with Crippen LogP contribution in [0.4, 0.5) is 5.82 Å². The van der Waals surface area contributed by atoms with Crippen LogP contribution in [0.3, 0.4) is 0 Å². The van der Waals surface area contributed by atoms with E-state index in [9.17, 15) is 9.59 Å². The van der Waals surface area contributed by atoms with E-state index in [2.05, 4.69) is 20.3 Å². The molecule has 36 heavy (non-hydrogen) atoms. The molecule has 0 radical (unpaired) electrons. The van der Waals surface area contributed by atoms with Crippen molar-refractivity contribution in [1.82, 2.24) is 30.0 Å². The summed E-state index contributed by atoms with van der Waals surface area (Å²) in [5.41, 5.74) is 1.70. The first kappa shape index (κ1) is 24.7. The molecule has 2 fully saturated rings. The van der Waals surface area contributed by atoms with Crippen molar-refractivity contribution in [3.63, 3.8) is 0 Å². The van der Waals surface area contributed by atoms with Gasteiger partial charge in [-0.15, -0.1) is 0 Å². The first-order valence-corrected chi connectivity index (χ1v) is 12.8. The summed E-state index contributed by atoms with van der Waals surface area (Å²) >= 11 is 12.4. The van der Waals surface area contributed by atoms with Crippen molar-refractivity contribution in [2.24, 2.45) is 0 Å². The maximum absolute atomic E-state index is 12.7. The first-order chi connectivity index (χ1) is 17.4. The van der Waals surface area contributed by atoms with Gasteiger partial charge >= 0.3 is 5.97 Å². The molecule has 0 aliphatic carbocycles. The summed E-state index contributed by atoms with van der Waals surface area (Å²) in [4.78, 5) is 38.7. The van der Waals surface area contributed by atoms with Gasteiger partial charge in [0.05, 0.1) is 25.4 Å². The quantitative estimate of drug-likeness (QED) is 0.484. The van der Waals surface area contributed by atoms with Crippen molar-refractivity contribution in [3.8, 4) is 0 Å². The van der Waals surface area contributed by atoms with Gasteiger partial charge in [0.25, 0.3) is 0 Å². The first-order valence-electron chi connectivity index (χ1n) is 12.1. The fourth-order valence-electron chi connectivity index (χ4n) is 4.62. The van der Waals surface area contributed by atoms with Gasteiger partial charge in [0.15, 0.2) is 11.3 Å². The van der Waals surface area contributed by atoms with Crippen molar-refractivity contribution in [3.05, 3.63) is 45.7 Å². The SMILES string of the molecule is CCOC(=O)c1nn(Cc2ccc(Cl)cc2Cl)c2nc(N3CCN(C(=O)[C@H]4CCCN4)CC3)cnc12. The van der Waals surface area contributed by atoms with Gasteiger partial charge in [0, 0.05) is 36.2 Å². The zero-order valence-electron chi connectivity index (χ0n) is 19.9. The molecule has 2 aliphatic heterocycles.